The molecule has 0 fully saturated rings. The van der Waals surface area contributed by atoms with Crippen LogP contribution >= 0.6 is 0 Å². The van der Waals surface area contributed by atoms with Gasteiger partial charge in [0.2, 0.25) is 0 Å². The molecule has 0 atom stereocenters. The zero-order valence-corrected chi connectivity index (χ0v) is 9.22. The van der Waals surface area contributed by atoms with Crippen LogP contribution in [0.2, 0.25) is 0 Å². The van der Waals surface area contributed by atoms with Gasteiger partial charge in [-0.15, -0.1) is 0 Å². The average Bonchev–Trinajstić information content (AvgIpc) is 2.14. The molecular weight excluding hydrogens is 174 g/mol. The lowest BCUT2D eigenvalue weighted by atomic mass is 10.2. The molecule has 3 nitrogen and oxygen atoms in total. The van der Waals surface area contributed by atoms with Gasteiger partial charge in [0.1, 0.15) is 5.82 Å². The molecule has 1 heterocycles. The molecule has 3 heteroatoms. The summed E-state index contributed by atoms with van der Waals surface area (Å²) in [6.45, 7) is 6.05. The van der Waals surface area contributed by atoms with Crippen molar-refractivity contribution in [2.24, 2.45) is 0 Å². The minimum Gasteiger partial charge on any atom is -0.370 e. The predicted octanol–water partition coefficient (Wildman–Crippen LogP) is 1.93. The Morgan fingerprint density at radius 1 is 1.36 bits per heavy atom. The number of anilines is 1. The van der Waals surface area contributed by atoms with Crippen LogP contribution in [0.1, 0.15) is 24.6 Å². The number of pyridine rings is 1. The second kappa shape index (κ2) is 5.60. The molecule has 0 spiro atoms. The molecule has 0 aliphatic carbocycles. The molecular formula is C11H19N3. The average molecular weight is 193 g/mol. The summed E-state index contributed by atoms with van der Waals surface area (Å²) in [7, 11) is 1.95. The van der Waals surface area contributed by atoms with Crippen molar-refractivity contribution in [3.05, 3.63) is 23.4 Å². The highest BCUT2D eigenvalue weighted by molar-refractivity contribution is 5.39. The van der Waals surface area contributed by atoms with E-state index in [0.29, 0.717) is 0 Å². The predicted molar refractivity (Wildman–Crippen MR) is 60.5 cm³/mol. The van der Waals surface area contributed by atoms with E-state index < -0.39 is 0 Å². The third-order valence-corrected chi connectivity index (χ3v) is 1.95. The molecule has 0 saturated heterocycles. The van der Waals surface area contributed by atoms with E-state index in [1.165, 1.54) is 5.56 Å². The molecule has 0 amide bonds. The molecule has 0 saturated carbocycles. The third kappa shape index (κ3) is 3.34. The van der Waals surface area contributed by atoms with Crippen LogP contribution in [0.15, 0.2) is 12.1 Å². The van der Waals surface area contributed by atoms with Crippen LogP contribution in [-0.2, 0) is 6.54 Å². The number of nitrogens with one attached hydrogen (secondary N) is 2. The Bertz CT molecular complexity index is 284. The summed E-state index contributed by atoms with van der Waals surface area (Å²) in [6.07, 6.45) is 1.12. The lowest BCUT2D eigenvalue weighted by molar-refractivity contribution is 0.814. The maximum absolute atomic E-state index is 4.41. The van der Waals surface area contributed by atoms with E-state index in [9.17, 15) is 0 Å². The van der Waals surface area contributed by atoms with Crippen molar-refractivity contribution >= 4 is 5.82 Å². The van der Waals surface area contributed by atoms with Crippen LogP contribution < -0.4 is 10.6 Å². The minimum absolute atomic E-state index is 0.893. The first kappa shape index (κ1) is 11.0. The first-order valence-corrected chi connectivity index (χ1v) is 5.12. The quantitative estimate of drug-likeness (QED) is 0.750. The number of aryl methyl sites for hydroxylation is 1. The number of rotatable bonds is 5. The highest BCUT2D eigenvalue weighted by Gasteiger charge is 1.98. The zero-order chi connectivity index (χ0) is 10.4. The van der Waals surface area contributed by atoms with Gasteiger partial charge in [0.25, 0.3) is 0 Å². The van der Waals surface area contributed by atoms with E-state index in [-0.39, 0.29) is 0 Å². The van der Waals surface area contributed by atoms with Crippen LogP contribution in [0.4, 0.5) is 5.82 Å². The monoisotopic (exact) mass is 193 g/mol. The van der Waals surface area contributed by atoms with Gasteiger partial charge in [0.15, 0.2) is 0 Å². The Morgan fingerprint density at radius 3 is 2.79 bits per heavy atom. The smallest absolute Gasteiger partial charge is 0.126 e. The molecule has 0 aliphatic heterocycles. The molecule has 1 aromatic rings. The van der Waals surface area contributed by atoms with Crippen molar-refractivity contribution in [3.8, 4) is 0 Å². The van der Waals surface area contributed by atoms with Crippen molar-refractivity contribution in [2.75, 3.05) is 18.9 Å². The highest BCUT2D eigenvalue weighted by Crippen LogP contribution is 2.09. The Morgan fingerprint density at radius 2 is 2.14 bits per heavy atom. The second-order valence-corrected chi connectivity index (χ2v) is 3.46. The van der Waals surface area contributed by atoms with Crippen LogP contribution in [-0.4, -0.2) is 18.6 Å². The third-order valence-electron chi connectivity index (χ3n) is 1.95. The summed E-state index contributed by atoms with van der Waals surface area (Å²) in [4.78, 5) is 4.41. The van der Waals surface area contributed by atoms with E-state index in [1.807, 2.05) is 14.0 Å². The molecule has 1 aromatic heterocycles. The number of hydrogen-bond acceptors (Lipinski definition) is 3. The van der Waals surface area contributed by atoms with Crippen molar-refractivity contribution in [2.45, 2.75) is 26.8 Å². The molecule has 14 heavy (non-hydrogen) atoms. The zero-order valence-electron chi connectivity index (χ0n) is 9.22. The minimum atomic E-state index is 0.893. The van der Waals surface area contributed by atoms with Crippen molar-refractivity contribution in [3.63, 3.8) is 0 Å². The largest absolute Gasteiger partial charge is 0.370 e. The standard InChI is InChI=1S/C11H19N3/c1-4-5-13-11-7-10(8-12-3)6-9(2)14-11/h6-7,12H,4-5,8H2,1-3H3,(H,13,14). The van der Waals surface area contributed by atoms with Crippen LogP contribution in [0.3, 0.4) is 0 Å². The molecule has 2 N–H and O–H groups in total. The maximum Gasteiger partial charge on any atom is 0.126 e. The number of aromatic nitrogens is 1. The van der Waals surface area contributed by atoms with Gasteiger partial charge in [0.05, 0.1) is 0 Å². The van der Waals surface area contributed by atoms with Crippen molar-refractivity contribution < 1.29 is 0 Å². The van der Waals surface area contributed by atoms with Gasteiger partial charge in [-0.25, -0.2) is 4.98 Å². The normalized spacial score (nSPS) is 10.2. The molecule has 0 radical (unpaired) electrons. The van der Waals surface area contributed by atoms with Crippen LogP contribution in [0.5, 0.6) is 0 Å². The van der Waals surface area contributed by atoms with Gasteiger partial charge in [-0.3, -0.25) is 0 Å². The first-order valence-electron chi connectivity index (χ1n) is 5.12. The first-order chi connectivity index (χ1) is 6.76. The summed E-state index contributed by atoms with van der Waals surface area (Å²) in [5.74, 6) is 0.983. The van der Waals surface area contributed by atoms with E-state index >= 15 is 0 Å². The van der Waals surface area contributed by atoms with Gasteiger partial charge in [-0.1, -0.05) is 6.92 Å². The fourth-order valence-corrected chi connectivity index (χ4v) is 1.39. The fraction of sp³-hybridized carbons (Fsp3) is 0.545. The van der Waals surface area contributed by atoms with E-state index in [2.05, 4.69) is 34.7 Å². The highest BCUT2D eigenvalue weighted by atomic mass is 15.0. The SMILES string of the molecule is CCCNc1cc(CNC)cc(C)n1. The summed E-state index contributed by atoms with van der Waals surface area (Å²) in [5, 5.41) is 6.43. The Hall–Kier alpha value is -1.09. The molecule has 1 rings (SSSR count). The van der Waals surface area contributed by atoms with E-state index in [1.54, 1.807) is 0 Å². The number of nitrogens with zero attached hydrogens (tertiary/aromatic N) is 1. The van der Waals surface area contributed by atoms with Crippen molar-refractivity contribution in [1.82, 2.24) is 10.3 Å². The molecule has 0 unspecified atom stereocenters. The van der Waals surface area contributed by atoms with Gasteiger partial charge in [-0.05, 0) is 38.1 Å². The van der Waals surface area contributed by atoms with Gasteiger partial charge < -0.3 is 10.6 Å². The maximum atomic E-state index is 4.41. The lowest BCUT2D eigenvalue weighted by Crippen LogP contribution is -2.08. The summed E-state index contributed by atoms with van der Waals surface area (Å²) >= 11 is 0. The second-order valence-electron chi connectivity index (χ2n) is 3.46. The molecule has 0 aromatic carbocycles. The fourth-order valence-electron chi connectivity index (χ4n) is 1.39. The van der Waals surface area contributed by atoms with Crippen molar-refractivity contribution in [1.29, 1.82) is 0 Å². The summed E-state index contributed by atoms with van der Waals surface area (Å²) in [6, 6.07) is 4.20. The van der Waals surface area contributed by atoms with E-state index in [0.717, 1.165) is 31.0 Å². The summed E-state index contributed by atoms with van der Waals surface area (Å²) in [5.41, 5.74) is 2.34. The Balaban J connectivity index is 2.73. The van der Waals surface area contributed by atoms with Crippen LogP contribution in [0.25, 0.3) is 0 Å². The summed E-state index contributed by atoms with van der Waals surface area (Å²) < 4.78 is 0. The van der Waals surface area contributed by atoms with Gasteiger partial charge in [0, 0.05) is 18.8 Å². The van der Waals surface area contributed by atoms with Gasteiger partial charge in [-0.2, -0.15) is 0 Å². The molecule has 78 valence electrons. The Labute approximate surface area is 85.9 Å². The van der Waals surface area contributed by atoms with Gasteiger partial charge >= 0.3 is 0 Å². The lowest BCUT2D eigenvalue weighted by Gasteiger charge is -2.07. The Kier molecular flexibility index (Phi) is 4.40. The van der Waals surface area contributed by atoms with Crippen LogP contribution in [0, 0.1) is 6.92 Å². The molecule has 0 bridgehead atoms. The molecule has 0 aliphatic rings. The number of hydrogen-bond donors (Lipinski definition) is 2. The topological polar surface area (TPSA) is 37.0 Å². The van der Waals surface area contributed by atoms with E-state index in [4.69, 9.17) is 0 Å².